The monoisotopic (exact) mass is 429 g/mol. The Morgan fingerprint density at radius 2 is 2.07 bits per heavy atom. The van der Waals surface area contributed by atoms with E-state index in [2.05, 4.69) is 24.3 Å². The van der Waals surface area contributed by atoms with Crippen molar-refractivity contribution in [2.75, 3.05) is 6.54 Å². The maximum absolute atomic E-state index is 12.3. The molecule has 0 atom stereocenters. The molecule has 30 heavy (non-hydrogen) atoms. The van der Waals surface area contributed by atoms with Crippen LogP contribution in [0.15, 0.2) is 40.9 Å². The Kier molecular flexibility index (Phi) is 7.21. The third-order valence-electron chi connectivity index (χ3n) is 4.79. The highest BCUT2D eigenvalue weighted by atomic mass is 35.5. The Morgan fingerprint density at radius 3 is 2.77 bits per heavy atom. The first kappa shape index (κ1) is 22.0. The first-order valence-electron chi connectivity index (χ1n) is 10.1. The van der Waals surface area contributed by atoms with Gasteiger partial charge in [0, 0.05) is 24.3 Å². The van der Waals surface area contributed by atoms with E-state index >= 15 is 0 Å². The van der Waals surface area contributed by atoms with Gasteiger partial charge in [0.1, 0.15) is 18.1 Å². The number of nitrogens with zero attached hydrogens (tertiary/aromatic N) is 2. The summed E-state index contributed by atoms with van der Waals surface area (Å²) >= 11 is 6.25. The number of nitrogens with one attached hydrogen (secondary N) is 1. The minimum Gasteiger partial charge on any atom is -0.485 e. The summed E-state index contributed by atoms with van der Waals surface area (Å²) in [6.45, 7) is 9.63. The van der Waals surface area contributed by atoms with Crippen LogP contribution < -0.4 is 10.1 Å². The second-order valence-corrected chi connectivity index (χ2v) is 8.09. The molecule has 3 aromatic rings. The lowest BCUT2D eigenvalue weighted by Crippen LogP contribution is -2.24. The molecule has 0 bridgehead atoms. The molecule has 0 aliphatic carbocycles. The van der Waals surface area contributed by atoms with Crippen molar-refractivity contribution >= 4 is 17.5 Å². The van der Waals surface area contributed by atoms with Crippen molar-refractivity contribution in [3.05, 3.63) is 69.9 Å². The largest absolute Gasteiger partial charge is 0.485 e. The van der Waals surface area contributed by atoms with Crippen LogP contribution in [-0.4, -0.2) is 22.2 Å². The van der Waals surface area contributed by atoms with Gasteiger partial charge in [-0.15, -0.1) is 0 Å². The molecule has 1 aromatic carbocycles. The molecule has 0 saturated heterocycles. The van der Waals surface area contributed by atoms with E-state index in [9.17, 15) is 4.79 Å². The van der Waals surface area contributed by atoms with Crippen molar-refractivity contribution in [1.82, 2.24) is 15.1 Å². The van der Waals surface area contributed by atoms with E-state index in [4.69, 9.17) is 20.8 Å². The van der Waals surface area contributed by atoms with Gasteiger partial charge in [0.05, 0.1) is 5.69 Å². The molecule has 160 valence electrons. The summed E-state index contributed by atoms with van der Waals surface area (Å²) in [5, 5.41) is 7.92. The third kappa shape index (κ3) is 5.66. The second kappa shape index (κ2) is 9.85. The summed E-state index contributed by atoms with van der Waals surface area (Å²) in [6, 6.07) is 9.28. The molecule has 0 saturated carbocycles. The van der Waals surface area contributed by atoms with Crippen molar-refractivity contribution < 1.29 is 13.9 Å². The molecule has 3 rings (SSSR count). The Balaban J connectivity index is 1.51. The summed E-state index contributed by atoms with van der Waals surface area (Å²) in [5.74, 6) is 1.70. The molecule has 0 aliphatic rings. The summed E-state index contributed by atoms with van der Waals surface area (Å²) in [7, 11) is 0. The van der Waals surface area contributed by atoms with Crippen LogP contribution >= 0.6 is 11.6 Å². The molecule has 2 aromatic heterocycles. The molecule has 6 nitrogen and oxygen atoms in total. The number of rotatable bonds is 9. The number of hydrogen-bond donors (Lipinski definition) is 1. The van der Waals surface area contributed by atoms with Gasteiger partial charge in [0.2, 0.25) is 0 Å². The van der Waals surface area contributed by atoms with E-state index in [0.717, 1.165) is 40.6 Å². The smallest absolute Gasteiger partial charge is 0.286 e. The minimum absolute atomic E-state index is 0.233. The van der Waals surface area contributed by atoms with Crippen molar-refractivity contribution in [2.45, 2.75) is 53.2 Å². The van der Waals surface area contributed by atoms with Crippen molar-refractivity contribution in [3.8, 4) is 5.75 Å². The molecule has 2 heterocycles. The summed E-state index contributed by atoms with van der Waals surface area (Å²) in [6.07, 6.45) is 2.72. The van der Waals surface area contributed by atoms with E-state index in [1.165, 1.54) is 0 Å². The molecule has 0 aliphatic heterocycles. The number of aromatic nitrogens is 2. The number of ether oxygens (including phenoxy) is 1. The second-order valence-electron chi connectivity index (χ2n) is 7.68. The van der Waals surface area contributed by atoms with Gasteiger partial charge in [-0.05, 0) is 67.6 Å². The Hall–Kier alpha value is -2.73. The molecule has 0 fully saturated rings. The lowest BCUT2D eigenvalue weighted by Gasteiger charge is -2.15. The van der Waals surface area contributed by atoms with E-state index in [0.29, 0.717) is 12.3 Å². The van der Waals surface area contributed by atoms with E-state index in [-0.39, 0.29) is 24.2 Å². The third-order valence-corrected chi connectivity index (χ3v) is 5.20. The van der Waals surface area contributed by atoms with E-state index in [1.54, 1.807) is 12.1 Å². The highest BCUT2D eigenvalue weighted by Crippen LogP contribution is 2.32. The van der Waals surface area contributed by atoms with Crippen LogP contribution in [0.2, 0.25) is 5.02 Å². The Bertz CT molecular complexity index is 1010. The van der Waals surface area contributed by atoms with Gasteiger partial charge in [-0.2, -0.15) is 5.10 Å². The molecule has 0 radical (unpaired) electrons. The van der Waals surface area contributed by atoms with Crippen molar-refractivity contribution in [2.24, 2.45) is 0 Å². The zero-order valence-corrected chi connectivity index (χ0v) is 18.6. The summed E-state index contributed by atoms with van der Waals surface area (Å²) < 4.78 is 13.5. The van der Waals surface area contributed by atoms with Gasteiger partial charge in [-0.25, -0.2) is 0 Å². The topological polar surface area (TPSA) is 69.3 Å². The van der Waals surface area contributed by atoms with Gasteiger partial charge in [-0.3, -0.25) is 9.48 Å². The summed E-state index contributed by atoms with van der Waals surface area (Å²) in [5.41, 5.74) is 2.99. The first-order valence-corrected chi connectivity index (χ1v) is 10.5. The van der Waals surface area contributed by atoms with Crippen LogP contribution in [0.4, 0.5) is 0 Å². The number of amides is 1. The fourth-order valence-corrected chi connectivity index (χ4v) is 3.26. The maximum atomic E-state index is 12.3. The first-order chi connectivity index (χ1) is 14.3. The zero-order chi connectivity index (χ0) is 21.7. The quantitative estimate of drug-likeness (QED) is 0.470. The number of carbonyl (C=O) groups is 1. The molecular formula is C23H28ClN3O3. The highest BCUT2D eigenvalue weighted by Gasteiger charge is 2.14. The normalized spacial score (nSPS) is 11.1. The Morgan fingerprint density at radius 1 is 1.27 bits per heavy atom. The number of carbonyl (C=O) groups excluding carboxylic acids is 1. The van der Waals surface area contributed by atoms with Crippen molar-refractivity contribution in [3.63, 3.8) is 0 Å². The fourth-order valence-electron chi connectivity index (χ4n) is 3.09. The van der Waals surface area contributed by atoms with Gasteiger partial charge in [0.15, 0.2) is 5.76 Å². The molecule has 1 N–H and O–H groups in total. The SMILES string of the molecule is Cc1ccn(CCCNC(=O)c2ccc(COc3cc(C)c(Cl)cc3C(C)C)o2)n1. The lowest BCUT2D eigenvalue weighted by atomic mass is 10.0. The van der Waals surface area contributed by atoms with Crippen molar-refractivity contribution in [1.29, 1.82) is 0 Å². The number of halogens is 1. The highest BCUT2D eigenvalue weighted by molar-refractivity contribution is 6.31. The lowest BCUT2D eigenvalue weighted by molar-refractivity contribution is 0.0920. The predicted octanol–water partition coefficient (Wildman–Crippen LogP) is 5.27. The van der Waals surface area contributed by atoms with Gasteiger partial charge >= 0.3 is 0 Å². The van der Waals surface area contributed by atoms with Crippen LogP contribution in [0.25, 0.3) is 0 Å². The van der Waals surface area contributed by atoms with Gasteiger partial charge < -0.3 is 14.5 Å². The standard InChI is InChI=1S/C23H28ClN3O3/c1-15(2)19-13-20(24)16(3)12-22(19)29-14-18-6-7-21(30-18)23(28)25-9-5-10-27-11-8-17(4)26-27/h6-8,11-13,15H,5,9-10,14H2,1-4H3,(H,25,28). The predicted molar refractivity (Wildman–Crippen MR) is 117 cm³/mol. The van der Waals surface area contributed by atoms with Crippen LogP contribution in [0, 0.1) is 13.8 Å². The maximum Gasteiger partial charge on any atom is 0.286 e. The minimum atomic E-state index is -0.233. The summed E-state index contributed by atoms with van der Waals surface area (Å²) in [4.78, 5) is 12.3. The molecule has 0 spiro atoms. The van der Waals surface area contributed by atoms with Gasteiger partial charge in [0.25, 0.3) is 5.91 Å². The van der Waals surface area contributed by atoms with E-state index < -0.39 is 0 Å². The van der Waals surface area contributed by atoms with E-state index in [1.807, 2.05) is 42.9 Å². The number of aryl methyl sites for hydroxylation is 3. The van der Waals surface area contributed by atoms with Crippen LogP contribution in [0.1, 0.15) is 59.3 Å². The van der Waals surface area contributed by atoms with Crippen LogP contribution in [0.3, 0.4) is 0 Å². The molecule has 7 heteroatoms. The Labute approximate surface area is 182 Å². The fraction of sp³-hybridized carbons (Fsp3) is 0.391. The zero-order valence-electron chi connectivity index (χ0n) is 17.9. The molecule has 1 amide bonds. The van der Waals surface area contributed by atoms with Gasteiger partial charge in [-0.1, -0.05) is 25.4 Å². The number of furan rings is 1. The molecule has 0 unspecified atom stereocenters. The average Bonchev–Trinajstić information content (AvgIpc) is 3.34. The molecular weight excluding hydrogens is 402 g/mol. The van der Waals surface area contributed by atoms with Crippen LogP contribution in [-0.2, 0) is 13.2 Å². The average molecular weight is 430 g/mol. The number of benzene rings is 1. The number of hydrogen-bond acceptors (Lipinski definition) is 4. The van der Waals surface area contributed by atoms with Crippen LogP contribution in [0.5, 0.6) is 5.75 Å².